The quantitative estimate of drug-likeness (QED) is 0.747. The van der Waals surface area contributed by atoms with Crippen LogP contribution in [0.3, 0.4) is 0 Å². The van der Waals surface area contributed by atoms with Crippen LogP contribution in [0.25, 0.3) is 0 Å². The molecule has 27 heavy (non-hydrogen) atoms. The van der Waals surface area contributed by atoms with E-state index in [-0.39, 0.29) is 18.0 Å². The number of alkyl halides is 3. The highest BCUT2D eigenvalue weighted by Gasteiger charge is 2.31. The molecule has 2 rings (SSSR count). The van der Waals surface area contributed by atoms with Gasteiger partial charge in [-0.1, -0.05) is 12.1 Å². The van der Waals surface area contributed by atoms with Crippen molar-refractivity contribution in [2.45, 2.75) is 11.3 Å². The molecule has 0 aliphatic heterocycles. The lowest BCUT2D eigenvalue weighted by molar-refractivity contribution is -0.274. The number of hydrogen-bond acceptors (Lipinski definition) is 4. The van der Waals surface area contributed by atoms with Gasteiger partial charge < -0.3 is 15.0 Å². The number of carbonyl (C=O) groups excluding carboxylic acids is 2. The molecular weight excluding hydrogens is 381 g/mol. The van der Waals surface area contributed by atoms with Gasteiger partial charge in [-0.2, -0.15) is 0 Å². The first-order valence-corrected chi connectivity index (χ1v) is 8.96. The molecule has 0 saturated carbocycles. The SMILES string of the molecule is CSc1ccccc1NC(=O)CN(C)C(=O)c1ccc(OC(F)(F)F)cc1. The number of halogens is 3. The van der Waals surface area contributed by atoms with Crippen molar-refractivity contribution in [2.24, 2.45) is 0 Å². The molecule has 5 nitrogen and oxygen atoms in total. The minimum Gasteiger partial charge on any atom is -0.406 e. The number of likely N-dealkylation sites (N-methyl/N-ethyl adjacent to an activating group) is 1. The number of benzene rings is 2. The number of thioether (sulfide) groups is 1. The van der Waals surface area contributed by atoms with E-state index in [2.05, 4.69) is 10.1 Å². The summed E-state index contributed by atoms with van der Waals surface area (Å²) >= 11 is 1.48. The van der Waals surface area contributed by atoms with Gasteiger partial charge in [-0.3, -0.25) is 9.59 Å². The summed E-state index contributed by atoms with van der Waals surface area (Å²) in [6.45, 7) is -0.206. The van der Waals surface area contributed by atoms with Crippen molar-refractivity contribution in [1.82, 2.24) is 4.90 Å². The molecular formula is C18H17F3N2O3S. The molecule has 0 aromatic heterocycles. The van der Waals surface area contributed by atoms with Gasteiger partial charge in [-0.05, 0) is 42.7 Å². The van der Waals surface area contributed by atoms with Gasteiger partial charge in [0.15, 0.2) is 0 Å². The molecule has 0 fully saturated rings. The summed E-state index contributed by atoms with van der Waals surface area (Å²) in [4.78, 5) is 26.6. The number of rotatable bonds is 6. The highest BCUT2D eigenvalue weighted by atomic mass is 32.2. The highest BCUT2D eigenvalue weighted by Crippen LogP contribution is 2.25. The molecule has 2 amide bonds. The van der Waals surface area contributed by atoms with Gasteiger partial charge >= 0.3 is 6.36 Å². The average molecular weight is 398 g/mol. The molecule has 2 aromatic carbocycles. The predicted molar refractivity (Wildman–Crippen MR) is 96.9 cm³/mol. The summed E-state index contributed by atoms with van der Waals surface area (Å²) in [6, 6.07) is 11.8. The summed E-state index contributed by atoms with van der Waals surface area (Å²) < 4.78 is 40.2. The Morgan fingerprint density at radius 3 is 2.33 bits per heavy atom. The number of carbonyl (C=O) groups is 2. The summed E-state index contributed by atoms with van der Waals surface area (Å²) in [5.41, 5.74) is 0.786. The number of amides is 2. The fourth-order valence-corrected chi connectivity index (χ4v) is 2.80. The van der Waals surface area contributed by atoms with Crippen molar-refractivity contribution >= 4 is 29.3 Å². The van der Waals surface area contributed by atoms with Gasteiger partial charge in [0.2, 0.25) is 5.91 Å². The minimum atomic E-state index is -4.80. The number of hydrogen-bond donors (Lipinski definition) is 1. The van der Waals surface area contributed by atoms with Crippen LogP contribution in [0.1, 0.15) is 10.4 Å². The van der Waals surface area contributed by atoms with Gasteiger partial charge in [0.1, 0.15) is 5.75 Å². The van der Waals surface area contributed by atoms with Crippen molar-refractivity contribution in [3.05, 3.63) is 54.1 Å². The topological polar surface area (TPSA) is 58.6 Å². The van der Waals surface area contributed by atoms with Crippen LogP contribution in [0.2, 0.25) is 0 Å². The maximum atomic E-state index is 12.3. The molecule has 0 heterocycles. The first-order chi connectivity index (χ1) is 12.7. The van der Waals surface area contributed by atoms with Crippen LogP contribution in [0.15, 0.2) is 53.4 Å². The van der Waals surface area contributed by atoms with Gasteiger partial charge in [-0.25, -0.2) is 0 Å². The van der Waals surface area contributed by atoms with E-state index in [1.807, 2.05) is 18.4 Å². The summed E-state index contributed by atoms with van der Waals surface area (Å²) in [5, 5.41) is 2.73. The minimum absolute atomic E-state index is 0.143. The Kier molecular flexibility index (Phi) is 6.73. The number of para-hydroxylation sites is 1. The van der Waals surface area contributed by atoms with Crippen LogP contribution in [0, 0.1) is 0 Å². The maximum Gasteiger partial charge on any atom is 0.573 e. The molecule has 0 radical (unpaired) electrons. The molecule has 0 spiro atoms. The van der Waals surface area contributed by atoms with Crippen LogP contribution >= 0.6 is 11.8 Å². The lowest BCUT2D eigenvalue weighted by atomic mass is 10.2. The van der Waals surface area contributed by atoms with Crippen molar-refractivity contribution in [3.63, 3.8) is 0 Å². The van der Waals surface area contributed by atoms with Crippen LogP contribution in [0.5, 0.6) is 5.75 Å². The van der Waals surface area contributed by atoms with Crippen molar-refractivity contribution in [2.75, 3.05) is 25.2 Å². The highest BCUT2D eigenvalue weighted by molar-refractivity contribution is 7.98. The van der Waals surface area contributed by atoms with Crippen LogP contribution in [0.4, 0.5) is 18.9 Å². The second kappa shape index (κ2) is 8.81. The van der Waals surface area contributed by atoms with Crippen molar-refractivity contribution in [3.8, 4) is 5.75 Å². The predicted octanol–water partition coefficient (Wildman–Crippen LogP) is 4.02. The summed E-state index contributed by atoms with van der Waals surface area (Å²) in [7, 11) is 1.43. The Morgan fingerprint density at radius 1 is 1.11 bits per heavy atom. The van der Waals surface area contributed by atoms with Crippen LogP contribution in [-0.2, 0) is 4.79 Å². The zero-order valence-corrected chi connectivity index (χ0v) is 15.4. The fraction of sp³-hybridized carbons (Fsp3) is 0.222. The maximum absolute atomic E-state index is 12.3. The standard InChI is InChI=1S/C18H17F3N2O3S/c1-23(11-16(24)22-14-5-3-4-6-15(14)27-2)17(25)12-7-9-13(10-8-12)26-18(19,20)21/h3-10H,11H2,1-2H3,(H,22,24). The van der Waals surface area contributed by atoms with Crippen LogP contribution in [-0.4, -0.2) is 42.9 Å². The number of anilines is 1. The Morgan fingerprint density at radius 2 is 1.74 bits per heavy atom. The lowest BCUT2D eigenvalue weighted by Gasteiger charge is -2.18. The monoisotopic (exact) mass is 398 g/mol. The second-order valence-electron chi connectivity index (χ2n) is 5.48. The van der Waals surface area contributed by atoms with E-state index in [0.717, 1.165) is 17.0 Å². The third-order valence-corrected chi connectivity index (χ3v) is 4.24. The zero-order valence-electron chi connectivity index (χ0n) is 14.5. The Bertz CT molecular complexity index is 810. The second-order valence-corrected chi connectivity index (χ2v) is 6.33. The van der Waals surface area contributed by atoms with E-state index < -0.39 is 18.0 Å². The first-order valence-electron chi connectivity index (χ1n) is 7.74. The van der Waals surface area contributed by atoms with Gasteiger partial charge in [0.25, 0.3) is 5.91 Å². The third kappa shape index (κ3) is 6.21. The zero-order chi connectivity index (χ0) is 20.0. The van der Waals surface area contributed by atoms with E-state index in [1.165, 1.54) is 35.8 Å². The smallest absolute Gasteiger partial charge is 0.406 e. The van der Waals surface area contributed by atoms with Gasteiger partial charge in [0.05, 0.1) is 12.2 Å². The molecule has 0 aliphatic rings. The van der Waals surface area contributed by atoms with E-state index in [1.54, 1.807) is 12.1 Å². The molecule has 0 atom stereocenters. The van der Waals surface area contributed by atoms with Crippen LogP contribution < -0.4 is 10.1 Å². The van der Waals surface area contributed by atoms with Gasteiger partial charge in [0, 0.05) is 17.5 Å². The first kappa shape index (κ1) is 20.6. The molecule has 0 aliphatic carbocycles. The molecule has 2 aromatic rings. The average Bonchev–Trinajstić information content (AvgIpc) is 2.60. The Labute approximate surface area is 158 Å². The molecule has 9 heteroatoms. The number of nitrogens with one attached hydrogen (secondary N) is 1. The van der Waals surface area contributed by atoms with E-state index in [0.29, 0.717) is 5.69 Å². The summed E-state index contributed by atoms with van der Waals surface area (Å²) in [6.07, 6.45) is -2.92. The van der Waals surface area contributed by atoms with Gasteiger partial charge in [-0.15, -0.1) is 24.9 Å². The molecule has 0 saturated heterocycles. The Balaban J connectivity index is 1.97. The molecule has 144 valence electrons. The third-order valence-electron chi connectivity index (χ3n) is 3.44. The molecule has 0 bridgehead atoms. The lowest BCUT2D eigenvalue weighted by Crippen LogP contribution is -2.35. The molecule has 0 unspecified atom stereocenters. The normalized spacial score (nSPS) is 11.0. The number of ether oxygens (including phenoxy) is 1. The Hall–Kier alpha value is -2.68. The molecule has 1 N–H and O–H groups in total. The van der Waals surface area contributed by atoms with E-state index in [9.17, 15) is 22.8 Å². The largest absolute Gasteiger partial charge is 0.573 e. The number of nitrogens with zero attached hydrogens (tertiary/aromatic N) is 1. The van der Waals surface area contributed by atoms with E-state index >= 15 is 0 Å². The summed E-state index contributed by atoms with van der Waals surface area (Å²) in [5.74, 6) is -1.31. The van der Waals surface area contributed by atoms with Crippen molar-refractivity contribution < 1.29 is 27.5 Å². The van der Waals surface area contributed by atoms with Crippen molar-refractivity contribution in [1.29, 1.82) is 0 Å². The van der Waals surface area contributed by atoms with E-state index in [4.69, 9.17) is 0 Å². The fourth-order valence-electron chi connectivity index (χ4n) is 2.24.